The number of alkyl halides is 3. The molecule has 0 saturated carbocycles. The number of benzene rings is 2. The van der Waals surface area contributed by atoms with Crippen LogP contribution in [0.5, 0.6) is 0 Å². The maximum atomic E-state index is 13.1. The van der Waals surface area contributed by atoms with Gasteiger partial charge in [0.25, 0.3) is 5.91 Å². The molecule has 10 heteroatoms. The van der Waals surface area contributed by atoms with Crippen LogP contribution in [0.15, 0.2) is 36.4 Å². The number of carboxylic acid groups (broad SMARTS) is 1. The van der Waals surface area contributed by atoms with Crippen LogP contribution in [0.4, 0.5) is 13.2 Å². The maximum absolute atomic E-state index is 13.1. The fraction of sp³-hybridized carbons (Fsp3) is 0.333. The summed E-state index contributed by atoms with van der Waals surface area (Å²) >= 11 is 13.0. The molecular formula is C24H21Cl2F3N2O3. The monoisotopic (exact) mass is 512 g/mol. The minimum atomic E-state index is -4.45. The summed E-state index contributed by atoms with van der Waals surface area (Å²) in [5.74, 6) is -1.94. The Hall–Kier alpha value is -2.71. The van der Waals surface area contributed by atoms with E-state index in [4.69, 9.17) is 23.2 Å². The Balaban J connectivity index is 1.66. The Morgan fingerprint density at radius 2 is 1.88 bits per heavy atom. The first-order valence-electron chi connectivity index (χ1n) is 10.6. The summed E-state index contributed by atoms with van der Waals surface area (Å²) in [5.41, 5.74) is 1.04. The molecule has 1 fully saturated rings. The van der Waals surface area contributed by atoms with E-state index >= 15 is 0 Å². The maximum Gasteiger partial charge on any atom is 0.416 e. The number of likely N-dealkylation sites (tertiary alicyclic amines) is 1. The summed E-state index contributed by atoms with van der Waals surface area (Å²) < 4.78 is 41.1. The molecule has 1 unspecified atom stereocenters. The summed E-state index contributed by atoms with van der Waals surface area (Å²) in [7, 11) is 1.66. The summed E-state index contributed by atoms with van der Waals surface area (Å²) in [6.07, 6.45) is -3.16. The minimum absolute atomic E-state index is 0.104. The van der Waals surface area contributed by atoms with Gasteiger partial charge in [0, 0.05) is 42.8 Å². The molecule has 34 heavy (non-hydrogen) atoms. The van der Waals surface area contributed by atoms with Gasteiger partial charge in [0.15, 0.2) is 0 Å². The van der Waals surface area contributed by atoms with E-state index in [1.54, 1.807) is 23.7 Å². The molecule has 4 rings (SSSR count). The molecule has 3 aromatic rings. The summed E-state index contributed by atoms with van der Waals surface area (Å²) in [6, 6.07) is 8.38. The van der Waals surface area contributed by atoms with E-state index < -0.39 is 23.6 Å². The summed E-state index contributed by atoms with van der Waals surface area (Å²) in [6.45, 7) is 0.537. The van der Waals surface area contributed by atoms with Crippen LogP contribution >= 0.6 is 23.2 Å². The van der Waals surface area contributed by atoms with Crippen LogP contribution in [0.1, 0.15) is 40.0 Å². The molecule has 1 atom stereocenters. The molecule has 1 aliphatic heterocycles. The number of nitrogens with zero attached hydrogens (tertiary/aromatic N) is 2. The van der Waals surface area contributed by atoms with Gasteiger partial charge in [-0.3, -0.25) is 9.59 Å². The van der Waals surface area contributed by atoms with Gasteiger partial charge in [-0.1, -0.05) is 29.3 Å². The van der Waals surface area contributed by atoms with Crippen molar-refractivity contribution in [2.75, 3.05) is 13.1 Å². The highest BCUT2D eigenvalue weighted by Gasteiger charge is 2.32. The first-order chi connectivity index (χ1) is 16.0. The number of amides is 1. The summed E-state index contributed by atoms with van der Waals surface area (Å²) in [5, 5.41) is 10.4. The van der Waals surface area contributed by atoms with Crippen molar-refractivity contribution >= 4 is 46.0 Å². The first kappa shape index (κ1) is 24.4. The van der Waals surface area contributed by atoms with Crippen LogP contribution in [0.25, 0.3) is 10.9 Å². The van der Waals surface area contributed by atoms with Gasteiger partial charge in [0.2, 0.25) is 0 Å². The number of piperidine rings is 1. The molecule has 180 valence electrons. The average molecular weight is 513 g/mol. The van der Waals surface area contributed by atoms with Gasteiger partial charge in [-0.2, -0.15) is 13.2 Å². The Labute approximate surface area is 203 Å². The lowest BCUT2D eigenvalue weighted by atomic mass is 9.97. The van der Waals surface area contributed by atoms with Crippen molar-refractivity contribution in [2.24, 2.45) is 13.0 Å². The van der Waals surface area contributed by atoms with Crippen molar-refractivity contribution in [1.82, 2.24) is 9.47 Å². The molecule has 2 aromatic carbocycles. The second-order valence-corrected chi connectivity index (χ2v) is 9.24. The van der Waals surface area contributed by atoms with E-state index in [0.29, 0.717) is 46.6 Å². The van der Waals surface area contributed by atoms with Gasteiger partial charge in [-0.15, -0.1) is 0 Å². The van der Waals surface area contributed by atoms with Crippen molar-refractivity contribution in [1.29, 1.82) is 0 Å². The third-order valence-electron chi connectivity index (χ3n) is 6.30. The molecule has 1 saturated heterocycles. The Morgan fingerprint density at radius 3 is 2.56 bits per heavy atom. The van der Waals surface area contributed by atoms with Crippen molar-refractivity contribution < 1.29 is 27.9 Å². The van der Waals surface area contributed by atoms with Gasteiger partial charge in [0.1, 0.15) is 0 Å². The third-order valence-corrected chi connectivity index (χ3v) is 7.09. The fourth-order valence-corrected chi connectivity index (χ4v) is 4.96. The van der Waals surface area contributed by atoms with Crippen molar-refractivity contribution in [3.8, 4) is 0 Å². The number of aliphatic carboxylic acids is 1. The SMILES string of the molecule is Cn1c(Cc2c(Cl)ccc(C(=O)N3CCCC(C(=O)O)C3)c2Cl)cc2ccc(C(F)(F)F)cc21. The highest BCUT2D eigenvalue weighted by Crippen LogP contribution is 2.35. The molecular weight excluding hydrogens is 492 g/mol. The number of carboxylic acids is 1. The van der Waals surface area contributed by atoms with Gasteiger partial charge in [0.05, 0.1) is 22.1 Å². The predicted octanol–water partition coefficient (Wildman–Crippen LogP) is 6.03. The zero-order valence-corrected chi connectivity index (χ0v) is 19.6. The number of carbonyl (C=O) groups excluding carboxylic acids is 1. The van der Waals surface area contributed by atoms with Crippen LogP contribution < -0.4 is 0 Å². The molecule has 1 N–H and O–H groups in total. The van der Waals surface area contributed by atoms with E-state index in [9.17, 15) is 27.9 Å². The van der Waals surface area contributed by atoms with Gasteiger partial charge >= 0.3 is 12.1 Å². The van der Waals surface area contributed by atoms with E-state index in [2.05, 4.69) is 0 Å². The molecule has 0 spiro atoms. The van der Waals surface area contributed by atoms with Crippen LogP contribution in [-0.2, 0) is 24.4 Å². The van der Waals surface area contributed by atoms with Crippen LogP contribution in [0, 0.1) is 5.92 Å². The predicted molar refractivity (Wildman–Crippen MR) is 123 cm³/mol. The zero-order valence-electron chi connectivity index (χ0n) is 18.1. The van der Waals surface area contributed by atoms with Gasteiger partial charge in [-0.05, 0) is 54.1 Å². The lowest BCUT2D eigenvalue weighted by molar-refractivity contribution is -0.143. The molecule has 0 radical (unpaired) electrons. The number of aromatic nitrogens is 1. The zero-order chi connectivity index (χ0) is 24.8. The number of carbonyl (C=O) groups is 2. The number of aryl methyl sites for hydroxylation is 1. The second kappa shape index (κ2) is 9.15. The number of hydrogen-bond donors (Lipinski definition) is 1. The van der Waals surface area contributed by atoms with E-state index in [0.717, 1.165) is 12.1 Å². The van der Waals surface area contributed by atoms with Crippen LogP contribution in [-0.4, -0.2) is 39.5 Å². The third kappa shape index (κ3) is 4.61. The molecule has 1 aliphatic rings. The Bertz CT molecular complexity index is 1290. The average Bonchev–Trinajstić information content (AvgIpc) is 3.10. The quantitative estimate of drug-likeness (QED) is 0.464. The summed E-state index contributed by atoms with van der Waals surface area (Å²) in [4.78, 5) is 26.0. The Morgan fingerprint density at radius 1 is 1.15 bits per heavy atom. The molecule has 0 aliphatic carbocycles. The van der Waals surface area contributed by atoms with E-state index in [1.165, 1.54) is 17.0 Å². The Kier molecular flexibility index (Phi) is 6.57. The smallest absolute Gasteiger partial charge is 0.416 e. The topological polar surface area (TPSA) is 62.5 Å². The molecule has 2 heterocycles. The molecule has 0 bridgehead atoms. The van der Waals surface area contributed by atoms with E-state index in [-0.39, 0.29) is 29.5 Å². The molecule has 1 aromatic heterocycles. The van der Waals surface area contributed by atoms with Gasteiger partial charge < -0.3 is 14.6 Å². The number of halogens is 5. The first-order valence-corrected chi connectivity index (χ1v) is 11.4. The second-order valence-electron chi connectivity index (χ2n) is 8.46. The lowest BCUT2D eigenvalue weighted by Gasteiger charge is -2.31. The number of fused-ring (bicyclic) bond motifs is 1. The standard InChI is InChI=1S/C24H21Cl2F3N2O3/c1-30-16(9-13-4-5-15(10-20(13)30)24(27,28)29)11-18-19(25)7-6-17(21(18)26)22(32)31-8-2-3-14(12-31)23(33)34/h4-7,9-10,14H,2-3,8,11-12H2,1H3,(H,33,34). The fourth-order valence-electron chi connectivity index (χ4n) is 4.37. The van der Waals surface area contributed by atoms with Crippen LogP contribution in [0.2, 0.25) is 10.0 Å². The lowest BCUT2D eigenvalue weighted by Crippen LogP contribution is -2.42. The largest absolute Gasteiger partial charge is 0.481 e. The normalized spacial score (nSPS) is 16.8. The van der Waals surface area contributed by atoms with Crippen molar-refractivity contribution in [2.45, 2.75) is 25.4 Å². The number of hydrogen-bond acceptors (Lipinski definition) is 2. The van der Waals surface area contributed by atoms with Gasteiger partial charge in [-0.25, -0.2) is 0 Å². The van der Waals surface area contributed by atoms with Crippen LogP contribution in [0.3, 0.4) is 0 Å². The molecule has 1 amide bonds. The molecule has 5 nitrogen and oxygen atoms in total. The van der Waals surface area contributed by atoms with Crippen molar-refractivity contribution in [3.05, 3.63) is 68.8 Å². The minimum Gasteiger partial charge on any atom is -0.481 e. The number of rotatable bonds is 4. The van der Waals surface area contributed by atoms with Crippen molar-refractivity contribution in [3.63, 3.8) is 0 Å². The van der Waals surface area contributed by atoms with E-state index in [1.807, 2.05) is 0 Å². The highest BCUT2D eigenvalue weighted by molar-refractivity contribution is 6.38. The highest BCUT2D eigenvalue weighted by atomic mass is 35.5.